The number of piperazine rings is 1. The van der Waals surface area contributed by atoms with E-state index in [4.69, 9.17) is 0 Å². The Morgan fingerprint density at radius 2 is 1.87 bits per heavy atom. The number of aryl methyl sites for hydroxylation is 1. The Bertz CT molecular complexity index is 1220. The number of aromatic nitrogens is 2. The highest BCUT2D eigenvalue weighted by molar-refractivity contribution is 7.89. The molecule has 1 aliphatic rings. The van der Waals surface area contributed by atoms with Crippen molar-refractivity contribution in [2.75, 3.05) is 26.2 Å². The van der Waals surface area contributed by atoms with E-state index < -0.39 is 15.8 Å². The molecule has 10 heteroatoms. The minimum absolute atomic E-state index is 0.111. The smallest absolute Gasteiger partial charge is 0.264 e. The summed E-state index contributed by atoms with van der Waals surface area (Å²) >= 11 is 1.42. The average Bonchev–Trinajstić information content (AvgIpc) is 3.29. The van der Waals surface area contributed by atoms with E-state index in [1.807, 2.05) is 17.7 Å². The molecule has 0 saturated carbocycles. The van der Waals surface area contributed by atoms with Gasteiger partial charge >= 0.3 is 0 Å². The van der Waals surface area contributed by atoms with Crippen molar-refractivity contribution < 1.29 is 17.6 Å². The Labute approximate surface area is 185 Å². The Morgan fingerprint density at radius 3 is 2.52 bits per heavy atom. The third-order valence-electron chi connectivity index (χ3n) is 5.34. The first-order valence-corrected chi connectivity index (χ1v) is 12.4. The lowest BCUT2D eigenvalue weighted by molar-refractivity contribution is 0.0702. The van der Waals surface area contributed by atoms with Gasteiger partial charge in [0, 0.05) is 38.1 Å². The van der Waals surface area contributed by atoms with Gasteiger partial charge in [-0.15, -0.1) is 11.3 Å². The molecule has 4 rings (SSSR count). The van der Waals surface area contributed by atoms with Crippen LogP contribution in [-0.2, 0) is 16.6 Å². The summed E-state index contributed by atoms with van der Waals surface area (Å²) in [5.41, 5.74) is 0.895. The van der Waals surface area contributed by atoms with Gasteiger partial charge in [-0.2, -0.15) is 9.40 Å². The van der Waals surface area contributed by atoms with Gasteiger partial charge < -0.3 is 4.90 Å². The Balaban J connectivity index is 1.49. The predicted octanol–water partition coefficient (Wildman–Crippen LogP) is 3.35. The van der Waals surface area contributed by atoms with Gasteiger partial charge in [-0.3, -0.25) is 9.48 Å². The van der Waals surface area contributed by atoms with E-state index in [1.54, 1.807) is 4.90 Å². The fourth-order valence-electron chi connectivity index (χ4n) is 3.77. The van der Waals surface area contributed by atoms with E-state index in [0.717, 1.165) is 28.5 Å². The summed E-state index contributed by atoms with van der Waals surface area (Å²) in [6.07, 6.45) is 0. The van der Waals surface area contributed by atoms with Gasteiger partial charge in [0.2, 0.25) is 10.0 Å². The second kappa shape index (κ2) is 8.33. The molecule has 3 heterocycles. The summed E-state index contributed by atoms with van der Waals surface area (Å²) in [7, 11) is -3.93. The topological polar surface area (TPSA) is 75.5 Å². The first-order valence-electron chi connectivity index (χ1n) is 10.2. The van der Waals surface area contributed by atoms with Crippen LogP contribution in [0.1, 0.15) is 29.2 Å². The van der Waals surface area contributed by atoms with E-state index in [0.29, 0.717) is 10.8 Å². The minimum atomic E-state index is -3.93. The molecule has 0 aliphatic carbocycles. The van der Waals surface area contributed by atoms with Gasteiger partial charge in [-0.1, -0.05) is 26.0 Å². The number of halogens is 1. The van der Waals surface area contributed by atoms with Crippen molar-refractivity contribution in [2.45, 2.75) is 32.2 Å². The lowest BCUT2D eigenvalue weighted by Gasteiger charge is -2.33. The highest BCUT2D eigenvalue weighted by Crippen LogP contribution is 2.30. The van der Waals surface area contributed by atoms with Crippen LogP contribution in [0.25, 0.3) is 10.2 Å². The van der Waals surface area contributed by atoms with Crippen molar-refractivity contribution in [1.82, 2.24) is 19.0 Å². The SMILES string of the molecule is Cc1nn(CC(C)C)c2sc(C(=O)N3CCN(S(=O)(=O)c4ccccc4F)CC3)cc12. The molecule has 166 valence electrons. The third kappa shape index (κ3) is 4.11. The van der Waals surface area contributed by atoms with E-state index >= 15 is 0 Å². The molecule has 2 aromatic heterocycles. The van der Waals surface area contributed by atoms with Gasteiger partial charge in [-0.05, 0) is 31.0 Å². The third-order valence-corrected chi connectivity index (χ3v) is 8.40. The monoisotopic (exact) mass is 464 g/mol. The van der Waals surface area contributed by atoms with Crippen LogP contribution in [0.3, 0.4) is 0 Å². The van der Waals surface area contributed by atoms with Gasteiger partial charge in [-0.25, -0.2) is 12.8 Å². The minimum Gasteiger partial charge on any atom is -0.335 e. The normalized spacial score (nSPS) is 15.8. The molecular formula is C21H25FN4O3S2. The molecule has 1 saturated heterocycles. The van der Waals surface area contributed by atoms with Crippen molar-refractivity contribution in [3.63, 3.8) is 0 Å². The lowest BCUT2D eigenvalue weighted by atomic mass is 10.2. The van der Waals surface area contributed by atoms with Gasteiger partial charge in [0.25, 0.3) is 5.91 Å². The number of carbonyl (C=O) groups is 1. The highest BCUT2D eigenvalue weighted by Gasteiger charge is 2.32. The Morgan fingerprint density at radius 1 is 1.19 bits per heavy atom. The van der Waals surface area contributed by atoms with Crippen LogP contribution < -0.4 is 0 Å². The zero-order chi connectivity index (χ0) is 22.3. The number of fused-ring (bicyclic) bond motifs is 1. The van der Waals surface area contributed by atoms with Crippen molar-refractivity contribution in [2.24, 2.45) is 5.92 Å². The van der Waals surface area contributed by atoms with E-state index in [-0.39, 0.29) is 37.0 Å². The molecule has 31 heavy (non-hydrogen) atoms. The second-order valence-electron chi connectivity index (χ2n) is 8.12. The fraction of sp³-hybridized carbons (Fsp3) is 0.429. The second-order valence-corrected chi connectivity index (χ2v) is 11.1. The van der Waals surface area contributed by atoms with Gasteiger partial charge in [0.05, 0.1) is 10.6 Å². The average molecular weight is 465 g/mol. The van der Waals surface area contributed by atoms with Gasteiger partial charge in [0.15, 0.2) is 0 Å². The summed E-state index contributed by atoms with van der Waals surface area (Å²) in [4.78, 5) is 16.0. The Kier molecular flexibility index (Phi) is 5.89. The Hall–Kier alpha value is -2.30. The number of hydrogen-bond acceptors (Lipinski definition) is 5. The molecule has 1 aromatic carbocycles. The quantitative estimate of drug-likeness (QED) is 0.580. The first kappa shape index (κ1) is 21.9. The van der Waals surface area contributed by atoms with Crippen molar-refractivity contribution in [1.29, 1.82) is 0 Å². The number of thiophene rings is 1. The molecule has 0 N–H and O–H groups in total. The first-order chi connectivity index (χ1) is 14.7. The van der Waals surface area contributed by atoms with Crippen LogP contribution in [-0.4, -0.2) is 59.5 Å². The molecule has 0 bridgehead atoms. The van der Waals surface area contributed by atoms with E-state index in [9.17, 15) is 17.6 Å². The van der Waals surface area contributed by atoms with Gasteiger partial charge in [0.1, 0.15) is 15.5 Å². The number of hydrogen-bond donors (Lipinski definition) is 0. The largest absolute Gasteiger partial charge is 0.335 e. The predicted molar refractivity (Wildman–Crippen MR) is 118 cm³/mol. The standard InChI is InChI=1S/C21H25FN4O3S2/c1-14(2)13-26-21-16(15(3)23-26)12-18(30-21)20(27)24-8-10-25(11-9-24)31(28,29)19-7-5-4-6-17(19)22/h4-7,12,14H,8-11,13H2,1-3H3. The van der Waals surface area contributed by atoms with Crippen molar-refractivity contribution in [3.8, 4) is 0 Å². The number of carbonyl (C=O) groups excluding carboxylic acids is 1. The van der Waals surface area contributed by atoms with Crippen LogP contribution in [0.5, 0.6) is 0 Å². The van der Waals surface area contributed by atoms with Crippen LogP contribution >= 0.6 is 11.3 Å². The number of rotatable bonds is 5. The summed E-state index contributed by atoms with van der Waals surface area (Å²) in [5, 5.41) is 5.56. The summed E-state index contributed by atoms with van der Waals surface area (Å²) in [6.45, 7) is 7.75. The number of benzene rings is 1. The molecule has 0 radical (unpaired) electrons. The molecule has 1 fully saturated rings. The molecular weight excluding hydrogens is 439 g/mol. The van der Waals surface area contributed by atoms with E-state index in [1.165, 1.54) is 33.8 Å². The number of sulfonamides is 1. The maximum Gasteiger partial charge on any atom is 0.264 e. The number of amides is 1. The van der Waals surface area contributed by atoms with Crippen molar-refractivity contribution in [3.05, 3.63) is 46.7 Å². The molecule has 3 aromatic rings. The summed E-state index contributed by atoms with van der Waals surface area (Å²) < 4.78 is 42.8. The zero-order valence-corrected chi connectivity index (χ0v) is 19.3. The van der Waals surface area contributed by atoms with Crippen molar-refractivity contribution >= 4 is 37.5 Å². The molecule has 1 aliphatic heterocycles. The molecule has 1 amide bonds. The van der Waals surface area contributed by atoms with Crippen LogP contribution in [0.15, 0.2) is 35.2 Å². The summed E-state index contributed by atoms with van der Waals surface area (Å²) in [5.74, 6) is -0.440. The van der Waals surface area contributed by atoms with Crippen LogP contribution in [0.4, 0.5) is 4.39 Å². The molecule has 0 atom stereocenters. The highest BCUT2D eigenvalue weighted by atomic mass is 32.2. The molecule has 0 spiro atoms. The van der Waals surface area contributed by atoms with E-state index in [2.05, 4.69) is 18.9 Å². The van der Waals surface area contributed by atoms with Crippen LogP contribution in [0, 0.1) is 18.7 Å². The maximum atomic E-state index is 14.0. The summed E-state index contributed by atoms with van der Waals surface area (Å²) in [6, 6.07) is 7.24. The zero-order valence-electron chi connectivity index (χ0n) is 17.7. The fourth-order valence-corrected chi connectivity index (χ4v) is 6.39. The van der Waals surface area contributed by atoms with Crippen LogP contribution in [0.2, 0.25) is 0 Å². The molecule has 0 unspecified atom stereocenters. The molecule has 7 nitrogen and oxygen atoms in total. The maximum absolute atomic E-state index is 14.0. The number of nitrogens with zero attached hydrogens (tertiary/aromatic N) is 4. The lowest BCUT2D eigenvalue weighted by Crippen LogP contribution is -2.50.